The van der Waals surface area contributed by atoms with Gasteiger partial charge in [0.2, 0.25) is 0 Å². The number of piperidine rings is 2. The molecule has 0 spiro atoms. The number of carbonyl (C=O) groups is 2. The van der Waals surface area contributed by atoms with Crippen molar-refractivity contribution in [1.29, 1.82) is 0 Å². The van der Waals surface area contributed by atoms with Crippen LogP contribution in [0.25, 0.3) is 0 Å². The Morgan fingerprint density at radius 1 is 1.03 bits per heavy atom. The Morgan fingerprint density at radius 2 is 1.74 bits per heavy atom. The van der Waals surface area contributed by atoms with Gasteiger partial charge in [-0.05, 0) is 55.4 Å². The normalized spacial score (nSPS) is 22.6. The fraction of sp³-hybridized carbons (Fsp3) is 0.440. The van der Waals surface area contributed by atoms with Crippen molar-refractivity contribution in [3.05, 3.63) is 65.5 Å². The standard InChI is InChI=1S/C25H28FNO4/c1-30-23-11-18(10-20(26)15-23)12-24(28)19-13-21-8-5-9-22(14-19)27(21)25(29)31-16-17-6-3-2-4-7-17/h2-4,6-7,10-11,15,19,21-22H,5,8-9,12-14,16H2,1H3. The molecule has 0 saturated carbocycles. The van der Waals surface area contributed by atoms with Crippen molar-refractivity contribution in [2.75, 3.05) is 7.11 Å². The number of hydrogen-bond acceptors (Lipinski definition) is 4. The van der Waals surface area contributed by atoms with E-state index in [0.717, 1.165) is 24.8 Å². The first-order valence-electron chi connectivity index (χ1n) is 10.9. The fourth-order valence-electron chi connectivity index (χ4n) is 4.92. The Morgan fingerprint density at radius 3 is 2.42 bits per heavy atom. The molecule has 0 N–H and O–H groups in total. The van der Waals surface area contributed by atoms with Gasteiger partial charge in [-0.25, -0.2) is 9.18 Å². The average molecular weight is 426 g/mol. The number of carbonyl (C=O) groups excluding carboxylic acids is 2. The number of fused-ring (bicyclic) bond motifs is 2. The van der Waals surface area contributed by atoms with Crippen LogP contribution >= 0.6 is 0 Å². The second-order valence-corrected chi connectivity index (χ2v) is 8.50. The minimum absolute atomic E-state index is 0.0202. The molecule has 0 aromatic heterocycles. The summed E-state index contributed by atoms with van der Waals surface area (Å²) in [6, 6.07) is 14.1. The van der Waals surface area contributed by atoms with Gasteiger partial charge < -0.3 is 14.4 Å². The molecule has 4 rings (SSSR count). The molecular weight excluding hydrogens is 397 g/mol. The van der Waals surface area contributed by atoms with Gasteiger partial charge in [0.1, 0.15) is 24.0 Å². The number of amides is 1. The van der Waals surface area contributed by atoms with Crippen molar-refractivity contribution in [3.8, 4) is 5.75 Å². The van der Waals surface area contributed by atoms with Gasteiger partial charge in [-0.15, -0.1) is 0 Å². The second-order valence-electron chi connectivity index (χ2n) is 8.50. The Hall–Kier alpha value is -2.89. The Balaban J connectivity index is 1.39. The third-order valence-electron chi connectivity index (χ3n) is 6.39. The second kappa shape index (κ2) is 9.50. The largest absolute Gasteiger partial charge is 0.497 e. The molecule has 0 radical (unpaired) electrons. The maximum absolute atomic E-state index is 13.8. The van der Waals surface area contributed by atoms with Crippen LogP contribution in [-0.4, -0.2) is 36.0 Å². The molecule has 2 unspecified atom stereocenters. The minimum Gasteiger partial charge on any atom is -0.497 e. The van der Waals surface area contributed by atoms with Gasteiger partial charge in [-0.3, -0.25) is 4.79 Å². The van der Waals surface area contributed by atoms with E-state index in [2.05, 4.69) is 0 Å². The number of methoxy groups -OCH3 is 1. The van der Waals surface area contributed by atoms with E-state index in [1.54, 1.807) is 6.07 Å². The van der Waals surface area contributed by atoms with Crippen LogP contribution in [0.15, 0.2) is 48.5 Å². The van der Waals surface area contributed by atoms with Crippen LogP contribution in [0, 0.1) is 11.7 Å². The van der Waals surface area contributed by atoms with E-state index >= 15 is 0 Å². The smallest absolute Gasteiger partial charge is 0.410 e. The molecule has 1 amide bonds. The summed E-state index contributed by atoms with van der Waals surface area (Å²) in [6.45, 7) is 0.249. The number of ketones is 1. The number of hydrogen-bond donors (Lipinski definition) is 0. The highest BCUT2D eigenvalue weighted by Gasteiger charge is 2.43. The van der Waals surface area contributed by atoms with Crippen molar-refractivity contribution in [2.24, 2.45) is 5.92 Å². The minimum atomic E-state index is -0.407. The highest BCUT2D eigenvalue weighted by molar-refractivity contribution is 5.84. The lowest BCUT2D eigenvalue weighted by atomic mass is 9.76. The summed E-state index contributed by atoms with van der Waals surface area (Å²) < 4.78 is 24.5. The van der Waals surface area contributed by atoms with E-state index in [0.29, 0.717) is 24.2 Å². The summed E-state index contributed by atoms with van der Waals surface area (Å²) in [5, 5.41) is 0. The van der Waals surface area contributed by atoms with E-state index in [1.807, 2.05) is 35.2 Å². The summed E-state index contributed by atoms with van der Waals surface area (Å²) in [4.78, 5) is 27.7. The molecule has 2 aromatic rings. The van der Waals surface area contributed by atoms with E-state index in [4.69, 9.17) is 9.47 Å². The van der Waals surface area contributed by atoms with E-state index in [-0.39, 0.29) is 42.9 Å². The molecule has 2 aliphatic rings. The first-order chi connectivity index (χ1) is 15.0. The van der Waals surface area contributed by atoms with Crippen molar-refractivity contribution in [1.82, 2.24) is 4.90 Å². The summed E-state index contributed by atoms with van der Waals surface area (Å²) >= 11 is 0. The fourth-order valence-corrected chi connectivity index (χ4v) is 4.92. The monoisotopic (exact) mass is 425 g/mol. The van der Waals surface area contributed by atoms with Crippen LogP contribution in [0.3, 0.4) is 0 Å². The molecule has 2 saturated heterocycles. The zero-order valence-corrected chi connectivity index (χ0v) is 17.8. The summed E-state index contributed by atoms with van der Waals surface area (Å²) in [6.07, 6.45) is 3.99. The van der Waals surface area contributed by atoms with Gasteiger partial charge in [-0.2, -0.15) is 0 Å². The molecule has 2 fully saturated rings. The zero-order valence-electron chi connectivity index (χ0n) is 17.8. The maximum Gasteiger partial charge on any atom is 0.410 e. The topological polar surface area (TPSA) is 55.8 Å². The predicted octanol–water partition coefficient (Wildman–Crippen LogP) is 4.92. The maximum atomic E-state index is 13.8. The average Bonchev–Trinajstić information content (AvgIpc) is 2.76. The van der Waals surface area contributed by atoms with Crippen molar-refractivity contribution >= 4 is 11.9 Å². The lowest BCUT2D eigenvalue weighted by Gasteiger charge is -2.47. The van der Waals surface area contributed by atoms with Gasteiger partial charge in [0.25, 0.3) is 0 Å². The number of ether oxygens (including phenoxy) is 2. The molecule has 2 aliphatic heterocycles. The van der Waals surface area contributed by atoms with Crippen molar-refractivity contribution < 1.29 is 23.5 Å². The van der Waals surface area contributed by atoms with Gasteiger partial charge in [0, 0.05) is 30.5 Å². The highest BCUT2D eigenvalue weighted by atomic mass is 19.1. The SMILES string of the molecule is COc1cc(F)cc(CC(=O)C2CC3CCCC(C2)N3C(=O)OCc2ccccc2)c1. The number of rotatable bonds is 6. The molecule has 164 valence electrons. The molecule has 0 aliphatic carbocycles. The van der Waals surface area contributed by atoms with Crippen LogP contribution in [0.1, 0.15) is 43.2 Å². The van der Waals surface area contributed by atoms with Crippen molar-refractivity contribution in [3.63, 3.8) is 0 Å². The van der Waals surface area contributed by atoms with Crippen LogP contribution in [0.5, 0.6) is 5.75 Å². The number of nitrogens with zero attached hydrogens (tertiary/aromatic N) is 1. The molecule has 2 heterocycles. The number of Topliss-reactive ketones (excluding diaryl/α,β-unsaturated/α-hetero) is 1. The third-order valence-corrected chi connectivity index (χ3v) is 6.39. The quantitative estimate of drug-likeness (QED) is 0.660. The first-order valence-corrected chi connectivity index (χ1v) is 10.9. The van der Waals surface area contributed by atoms with Gasteiger partial charge >= 0.3 is 6.09 Å². The molecule has 5 nitrogen and oxygen atoms in total. The van der Waals surface area contributed by atoms with E-state index < -0.39 is 5.82 Å². The zero-order chi connectivity index (χ0) is 21.8. The molecule has 6 heteroatoms. The molecule has 2 bridgehead atoms. The lowest BCUT2D eigenvalue weighted by molar-refractivity contribution is -0.126. The van der Waals surface area contributed by atoms with Crippen molar-refractivity contribution in [2.45, 2.75) is 57.2 Å². The number of halogens is 1. The Bertz CT molecular complexity index is 918. The molecule has 2 aromatic carbocycles. The Labute approximate surface area is 182 Å². The van der Waals surface area contributed by atoms with Crippen LogP contribution in [0.4, 0.5) is 9.18 Å². The highest BCUT2D eigenvalue weighted by Crippen LogP contribution is 2.38. The third kappa shape index (κ3) is 5.06. The van der Waals surface area contributed by atoms with Crippen LogP contribution in [0.2, 0.25) is 0 Å². The summed E-state index contributed by atoms with van der Waals surface area (Å²) in [7, 11) is 1.48. The number of benzene rings is 2. The molecule has 2 atom stereocenters. The summed E-state index contributed by atoms with van der Waals surface area (Å²) in [5.41, 5.74) is 1.58. The molecule has 31 heavy (non-hydrogen) atoms. The van der Waals surface area contributed by atoms with Crippen LogP contribution < -0.4 is 4.74 Å². The predicted molar refractivity (Wildman–Crippen MR) is 114 cm³/mol. The van der Waals surface area contributed by atoms with E-state index in [1.165, 1.54) is 19.2 Å². The molecular formula is C25H28FNO4. The lowest BCUT2D eigenvalue weighted by Crippen LogP contribution is -2.55. The van der Waals surface area contributed by atoms with Gasteiger partial charge in [-0.1, -0.05) is 30.3 Å². The van der Waals surface area contributed by atoms with Gasteiger partial charge in [0.15, 0.2) is 0 Å². The summed E-state index contributed by atoms with van der Waals surface area (Å²) in [5.74, 6) is -0.0183. The van der Waals surface area contributed by atoms with Gasteiger partial charge in [0.05, 0.1) is 7.11 Å². The van der Waals surface area contributed by atoms with Crippen LogP contribution in [-0.2, 0) is 22.6 Å². The Kier molecular flexibility index (Phi) is 6.54. The first kappa shape index (κ1) is 21.3. The van der Waals surface area contributed by atoms with E-state index in [9.17, 15) is 14.0 Å².